The number of guanidine groups is 1. The van der Waals surface area contributed by atoms with Crippen molar-refractivity contribution in [1.29, 1.82) is 0 Å². The molecule has 0 spiro atoms. The summed E-state index contributed by atoms with van der Waals surface area (Å²) in [4.78, 5) is 12.6. The summed E-state index contributed by atoms with van der Waals surface area (Å²) in [6.45, 7) is 9.69. The number of aryl methyl sites for hydroxylation is 3. The average molecular weight is 387 g/mol. The minimum Gasteiger partial charge on any atom is -0.370 e. The first-order valence-corrected chi connectivity index (χ1v) is 10.5. The van der Waals surface area contributed by atoms with Gasteiger partial charge in [0.25, 0.3) is 0 Å². The third-order valence-electron chi connectivity index (χ3n) is 4.92. The van der Waals surface area contributed by atoms with Gasteiger partial charge in [0.1, 0.15) is 6.10 Å². The molecule has 0 bridgehead atoms. The van der Waals surface area contributed by atoms with Crippen molar-refractivity contribution >= 4 is 17.3 Å². The SMILES string of the molecule is CCc1cnc(CCNC(=NC)N2CCOC(c3ccc(C)cc3C)C2)s1. The number of nitrogens with one attached hydrogen (secondary N) is 1. The molecule has 1 saturated heterocycles. The van der Waals surface area contributed by atoms with E-state index in [-0.39, 0.29) is 6.10 Å². The summed E-state index contributed by atoms with van der Waals surface area (Å²) >= 11 is 1.80. The van der Waals surface area contributed by atoms with Crippen molar-refractivity contribution in [3.63, 3.8) is 0 Å². The molecule has 0 saturated carbocycles. The lowest BCUT2D eigenvalue weighted by molar-refractivity contribution is -0.00830. The smallest absolute Gasteiger partial charge is 0.193 e. The fraction of sp³-hybridized carbons (Fsp3) is 0.524. The number of nitrogens with zero attached hydrogens (tertiary/aromatic N) is 3. The van der Waals surface area contributed by atoms with Crippen molar-refractivity contribution < 1.29 is 4.74 Å². The number of aliphatic imine (C=N–C) groups is 1. The van der Waals surface area contributed by atoms with Gasteiger partial charge >= 0.3 is 0 Å². The van der Waals surface area contributed by atoms with E-state index in [2.05, 4.69) is 59.2 Å². The van der Waals surface area contributed by atoms with E-state index >= 15 is 0 Å². The molecular formula is C21H30N4OS. The minimum atomic E-state index is 0.0870. The fourth-order valence-electron chi connectivity index (χ4n) is 3.46. The number of benzene rings is 1. The number of hydrogen-bond donors (Lipinski definition) is 1. The summed E-state index contributed by atoms with van der Waals surface area (Å²) in [5.74, 6) is 0.945. The molecule has 1 fully saturated rings. The lowest BCUT2D eigenvalue weighted by atomic mass is 10.00. The Morgan fingerprint density at radius 3 is 2.96 bits per heavy atom. The number of rotatable bonds is 5. The molecule has 0 radical (unpaired) electrons. The minimum absolute atomic E-state index is 0.0870. The molecule has 0 aliphatic carbocycles. The maximum absolute atomic E-state index is 6.07. The Labute approximate surface area is 166 Å². The van der Waals surface area contributed by atoms with Crippen LogP contribution in [0.5, 0.6) is 0 Å². The summed E-state index contributed by atoms with van der Waals surface area (Å²) in [5, 5.41) is 4.68. The normalized spacial score (nSPS) is 18.0. The van der Waals surface area contributed by atoms with E-state index in [1.165, 1.54) is 26.6 Å². The molecule has 0 amide bonds. The summed E-state index contributed by atoms with van der Waals surface area (Å²) in [6, 6.07) is 6.59. The van der Waals surface area contributed by atoms with Crippen LogP contribution in [0, 0.1) is 13.8 Å². The van der Waals surface area contributed by atoms with Crippen molar-refractivity contribution in [2.45, 2.75) is 39.7 Å². The van der Waals surface area contributed by atoms with E-state index in [4.69, 9.17) is 4.74 Å². The largest absolute Gasteiger partial charge is 0.370 e. The lowest BCUT2D eigenvalue weighted by Crippen LogP contribution is -2.48. The Kier molecular flexibility index (Phi) is 6.85. The first-order chi connectivity index (χ1) is 13.1. The van der Waals surface area contributed by atoms with Crippen molar-refractivity contribution in [3.8, 4) is 0 Å². The van der Waals surface area contributed by atoms with Gasteiger partial charge in [-0.2, -0.15) is 0 Å². The van der Waals surface area contributed by atoms with E-state index in [9.17, 15) is 0 Å². The summed E-state index contributed by atoms with van der Waals surface area (Å²) < 4.78 is 6.07. The fourth-order valence-corrected chi connectivity index (χ4v) is 4.32. The Morgan fingerprint density at radius 2 is 2.26 bits per heavy atom. The van der Waals surface area contributed by atoms with Gasteiger partial charge in [-0.1, -0.05) is 30.7 Å². The molecule has 1 aliphatic heterocycles. The van der Waals surface area contributed by atoms with Gasteiger partial charge in [-0.25, -0.2) is 4.98 Å². The van der Waals surface area contributed by atoms with Gasteiger partial charge in [0.15, 0.2) is 5.96 Å². The highest BCUT2D eigenvalue weighted by atomic mass is 32.1. The summed E-state index contributed by atoms with van der Waals surface area (Å²) in [7, 11) is 1.85. The third kappa shape index (κ3) is 5.08. The monoisotopic (exact) mass is 386 g/mol. The number of ether oxygens (including phenoxy) is 1. The molecule has 146 valence electrons. The molecule has 1 N–H and O–H groups in total. The van der Waals surface area contributed by atoms with Crippen LogP contribution in [0.3, 0.4) is 0 Å². The molecule has 27 heavy (non-hydrogen) atoms. The zero-order valence-corrected chi connectivity index (χ0v) is 17.6. The Bertz CT molecular complexity index is 786. The molecule has 1 unspecified atom stereocenters. The first kappa shape index (κ1) is 19.8. The van der Waals surface area contributed by atoms with E-state index in [1.807, 2.05) is 13.2 Å². The molecular weight excluding hydrogens is 356 g/mol. The lowest BCUT2D eigenvalue weighted by Gasteiger charge is -2.35. The van der Waals surface area contributed by atoms with E-state index in [0.29, 0.717) is 6.61 Å². The predicted molar refractivity (Wildman–Crippen MR) is 113 cm³/mol. The van der Waals surface area contributed by atoms with Crippen LogP contribution in [-0.4, -0.2) is 49.1 Å². The molecule has 1 aliphatic rings. The maximum atomic E-state index is 6.07. The Balaban J connectivity index is 1.58. The van der Waals surface area contributed by atoms with Crippen LogP contribution in [0.15, 0.2) is 29.4 Å². The number of thiazole rings is 1. The topological polar surface area (TPSA) is 49.8 Å². The molecule has 1 atom stereocenters. The van der Waals surface area contributed by atoms with Gasteiger partial charge in [-0.3, -0.25) is 4.99 Å². The van der Waals surface area contributed by atoms with Gasteiger partial charge in [0, 0.05) is 37.6 Å². The average Bonchev–Trinajstić information content (AvgIpc) is 3.13. The van der Waals surface area contributed by atoms with E-state index in [0.717, 1.165) is 38.4 Å². The van der Waals surface area contributed by atoms with E-state index in [1.54, 1.807) is 11.3 Å². The third-order valence-corrected chi connectivity index (χ3v) is 6.12. The zero-order valence-electron chi connectivity index (χ0n) is 16.8. The molecule has 1 aromatic carbocycles. The summed E-state index contributed by atoms with van der Waals surface area (Å²) in [5.41, 5.74) is 3.85. The summed E-state index contributed by atoms with van der Waals surface area (Å²) in [6.07, 6.45) is 4.06. The van der Waals surface area contributed by atoms with Gasteiger partial charge in [0.05, 0.1) is 18.2 Å². The molecule has 1 aromatic heterocycles. The predicted octanol–water partition coefficient (Wildman–Crippen LogP) is 3.51. The molecule has 6 heteroatoms. The van der Waals surface area contributed by atoms with E-state index < -0.39 is 0 Å². The number of hydrogen-bond acceptors (Lipinski definition) is 4. The highest BCUT2D eigenvalue weighted by molar-refractivity contribution is 7.11. The van der Waals surface area contributed by atoms with Gasteiger partial charge in [-0.05, 0) is 31.4 Å². The molecule has 3 rings (SSSR count). The highest BCUT2D eigenvalue weighted by Crippen LogP contribution is 2.26. The number of aromatic nitrogens is 1. The van der Waals surface area contributed by atoms with Gasteiger partial charge in [-0.15, -0.1) is 11.3 Å². The van der Waals surface area contributed by atoms with Crippen LogP contribution < -0.4 is 5.32 Å². The van der Waals surface area contributed by atoms with Gasteiger partial charge < -0.3 is 15.0 Å². The second kappa shape index (κ2) is 9.33. The van der Waals surface area contributed by atoms with Crippen molar-refractivity contribution in [1.82, 2.24) is 15.2 Å². The second-order valence-electron chi connectivity index (χ2n) is 6.96. The Hall–Kier alpha value is -1.92. The highest BCUT2D eigenvalue weighted by Gasteiger charge is 2.25. The van der Waals surface area contributed by atoms with Crippen LogP contribution in [0.2, 0.25) is 0 Å². The van der Waals surface area contributed by atoms with Crippen LogP contribution in [0.25, 0.3) is 0 Å². The zero-order chi connectivity index (χ0) is 19.2. The van der Waals surface area contributed by atoms with Gasteiger partial charge in [0.2, 0.25) is 0 Å². The standard InChI is InChI=1S/C21H30N4OS/c1-5-17-13-24-20(27-17)8-9-23-21(22-4)25-10-11-26-19(14-25)18-7-6-15(2)12-16(18)3/h6-7,12-13,19H,5,8-11,14H2,1-4H3,(H,22,23). The van der Waals surface area contributed by atoms with Crippen molar-refractivity contribution in [2.24, 2.45) is 4.99 Å². The number of morpholine rings is 1. The van der Waals surface area contributed by atoms with Crippen LogP contribution in [0.4, 0.5) is 0 Å². The second-order valence-corrected chi connectivity index (χ2v) is 8.16. The quantitative estimate of drug-likeness (QED) is 0.631. The molecule has 2 aromatic rings. The molecule has 5 nitrogen and oxygen atoms in total. The first-order valence-electron chi connectivity index (χ1n) is 9.68. The van der Waals surface area contributed by atoms with Crippen LogP contribution in [0.1, 0.15) is 39.6 Å². The maximum Gasteiger partial charge on any atom is 0.193 e. The molecule has 2 heterocycles. The Morgan fingerprint density at radius 1 is 1.41 bits per heavy atom. The van der Waals surface area contributed by atoms with Crippen molar-refractivity contribution in [3.05, 3.63) is 51.0 Å². The van der Waals surface area contributed by atoms with Crippen LogP contribution >= 0.6 is 11.3 Å². The van der Waals surface area contributed by atoms with Crippen molar-refractivity contribution in [2.75, 3.05) is 33.3 Å². The van der Waals surface area contributed by atoms with Crippen LogP contribution in [-0.2, 0) is 17.6 Å².